The molecule has 0 bridgehead atoms. The summed E-state index contributed by atoms with van der Waals surface area (Å²) in [6, 6.07) is 11.3. The van der Waals surface area contributed by atoms with Crippen LogP contribution in [-0.2, 0) is 18.6 Å². The van der Waals surface area contributed by atoms with Gasteiger partial charge in [-0.2, -0.15) is 5.26 Å². The molecule has 0 spiro atoms. The summed E-state index contributed by atoms with van der Waals surface area (Å²) >= 11 is 0. The first-order chi connectivity index (χ1) is 17.8. The fourth-order valence-corrected chi connectivity index (χ4v) is 4.94. The van der Waals surface area contributed by atoms with Crippen LogP contribution in [0.25, 0.3) is 0 Å². The third-order valence-corrected chi connectivity index (χ3v) is 7.23. The van der Waals surface area contributed by atoms with Gasteiger partial charge in [0.1, 0.15) is 5.84 Å². The molecule has 0 saturated carbocycles. The number of nitriles is 1. The lowest BCUT2D eigenvalue weighted by Crippen LogP contribution is -2.34. The van der Waals surface area contributed by atoms with E-state index in [1.54, 1.807) is 50.7 Å². The average molecular weight is 534 g/mol. The number of rotatable bonds is 17. The van der Waals surface area contributed by atoms with E-state index in [0.717, 1.165) is 0 Å². The lowest BCUT2D eigenvalue weighted by atomic mass is 10.2. The maximum Gasteiger partial charge on any atom is 0.259 e. The number of carbonyl (C=O) groups excluding carboxylic acids is 2. The van der Waals surface area contributed by atoms with Crippen LogP contribution in [0.5, 0.6) is 0 Å². The highest BCUT2D eigenvalue weighted by atomic mass is 31.2. The fourth-order valence-electron chi connectivity index (χ4n) is 3.30. The lowest BCUT2D eigenvalue weighted by molar-refractivity contribution is -0.116. The second-order valence-electron chi connectivity index (χ2n) is 8.58. The minimum Gasteiger partial charge on any atom is -0.379 e. The van der Waals surface area contributed by atoms with Gasteiger partial charge in [0.15, 0.2) is 0 Å². The number of hydrogen-bond acceptors (Lipinski definition) is 8. The van der Waals surface area contributed by atoms with Crippen LogP contribution in [-0.4, -0.2) is 79.8 Å². The molecule has 1 rings (SSSR count). The van der Waals surface area contributed by atoms with Crippen LogP contribution in [0.1, 0.15) is 50.9 Å². The Morgan fingerprint density at radius 1 is 1.19 bits per heavy atom. The van der Waals surface area contributed by atoms with Gasteiger partial charge in [-0.15, -0.1) is 0 Å². The number of hydrogen-bond donors (Lipinski definition) is 1. The van der Waals surface area contributed by atoms with Crippen LogP contribution in [0.4, 0.5) is 0 Å². The van der Waals surface area contributed by atoms with Crippen molar-refractivity contribution in [1.29, 1.82) is 5.26 Å². The summed E-state index contributed by atoms with van der Waals surface area (Å²) in [6.07, 6.45) is 4.35. The predicted molar refractivity (Wildman–Crippen MR) is 146 cm³/mol. The van der Waals surface area contributed by atoms with Crippen molar-refractivity contribution in [2.75, 3.05) is 33.9 Å². The average Bonchev–Trinajstić information content (AvgIpc) is 2.89. The number of benzene rings is 1. The maximum atomic E-state index is 12.4. The van der Waals surface area contributed by atoms with E-state index < -0.39 is 8.53 Å². The van der Waals surface area contributed by atoms with E-state index in [0.29, 0.717) is 37.4 Å². The number of nitrogens with zero attached hydrogens (tertiary/aromatic N) is 4. The van der Waals surface area contributed by atoms with Gasteiger partial charge in [0.05, 0.1) is 31.8 Å². The minimum atomic E-state index is -1.38. The van der Waals surface area contributed by atoms with Gasteiger partial charge in [-0.25, -0.2) is 4.67 Å². The van der Waals surface area contributed by atoms with Crippen molar-refractivity contribution >= 4 is 26.7 Å². The Morgan fingerprint density at radius 3 is 2.41 bits per heavy atom. The minimum absolute atomic E-state index is 0.196. The van der Waals surface area contributed by atoms with Gasteiger partial charge in [-0.3, -0.25) is 14.6 Å². The molecule has 0 radical (unpaired) electrons. The number of methoxy groups -OCH3 is 1. The largest absolute Gasteiger partial charge is 0.379 e. The molecule has 0 aliphatic heterocycles. The SMILES string of the molecule is CN=C(/C=C\N(C=O)CCC(COP(OCCC#N)N(C(C)C)C(C)C)OC)NC(=O)c1ccccc1. The monoisotopic (exact) mass is 533 g/mol. The van der Waals surface area contributed by atoms with Crippen molar-refractivity contribution in [3.05, 3.63) is 48.2 Å². The fraction of sp³-hybridized carbons (Fsp3) is 0.538. The van der Waals surface area contributed by atoms with Crippen molar-refractivity contribution in [1.82, 2.24) is 14.9 Å². The molecule has 11 heteroatoms. The Morgan fingerprint density at radius 2 is 1.86 bits per heavy atom. The highest BCUT2D eigenvalue weighted by molar-refractivity contribution is 7.44. The number of carbonyl (C=O) groups is 2. The van der Waals surface area contributed by atoms with Gasteiger partial charge in [0, 0.05) is 44.5 Å². The summed E-state index contributed by atoms with van der Waals surface area (Å²) in [7, 11) is 1.77. The Balaban J connectivity index is 2.70. The Kier molecular flexibility index (Phi) is 16.2. The third-order valence-electron chi connectivity index (χ3n) is 5.15. The highest BCUT2D eigenvalue weighted by Crippen LogP contribution is 2.46. The van der Waals surface area contributed by atoms with Crippen molar-refractivity contribution in [3.8, 4) is 6.07 Å². The first kappa shape index (κ1) is 32.4. The molecule has 0 aromatic heterocycles. The van der Waals surface area contributed by atoms with Crippen molar-refractivity contribution in [3.63, 3.8) is 0 Å². The standard InChI is InChI=1S/C26H40N5O5P/c1-21(2)31(22(3)4)37(35-18-10-15-27)36-19-24(34-6)13-16-30(20-32)17-14-25(28-5)29-26(33)23-11-8-7-9-12-23/h7-9,11-12,14,17,20-22,24H,10,13,16,18-19H2,1-6H3,(H,28,29,33)/b17-14-. The smallest absolute Gasteiger partial charge is 0.259 e. The molecule has 0 aliphatic carbocycles. The van der Waals surface area contributed by atoms with Crippen LogP contribution >= 0.6 is 8.53 Å². The predicted octanol–water partition coefficient (Wildman–Crippen LogP) is 4.11. The Labute approximate surface area is 222 Å². The van der Waals surface area contributed by atoms with E-state index in [2.05, 4.69) is 48.7 Å². The van der Waals surface area contributed by atoms with Gasteiger partial charge in [-0.1, -0.05) is 18.2 Å². The van der Waals surface area contributed by atoms with Gasteiger partial charge in [0.25, 0.3) is 14.4 Å². The molecular formula is C26H40N5O5P. The highest BCUT2D eigenvalue weighted by Gasteiger charge is 2.28. The lowest BCUT2D eigenvalue weighted by Gasteiger charge is -2.36. The molecular weight excluding hydrogens is 493 g/mol. The number of amidine groups is 1. The zero-order valence-corrected chi connectivity index (χ0v) is 23.6. The maximum absolute atomic E-state index is 12.4. The van der Waals surface area contributed by atoms with E-state index in [9.17, 15) is 9.59 Å². The summed E-state index contributed by atoms with van der Waals surface area (Å²) in [6.45, 7) is 9.23. The number of aliphatic imine (C=N–C) groups is 1. The second-order valence-corrected chi connectivity index (χ2v) is 10.0. The van der Waals surface area contributed by atoms with Crippen LogP contribution in [0.15, 0.2) is 47.6 Å². The molecule has 204 valence electrons. The third kappa shape index (κ3) is 12.4. The molecule has 10 nitrogen and oxygen atoms in total. The molecule has 1 aromatic rings. The normalized spacial score (nSPS) is 13.7. The molecule has 1 N–H and O–H groups in total. The van der Waals surface area contributed by atoms with E-state index in [-0.39, 0.29) is 37.1 Å². The first-order valence-electron chi connectivity index (χ1n) is 12.2. The number of nitrogens with one attached hydrogen (secondary N) is 1. The summed E-state index contributed by atoms with van der Waals surface area (Å²) in [5.74, 6) is 0.0420. The number of amides is 2. The van der Waals surface area contributed by atoms with Crippen LogP contribution in [0.2, 0.25) is 0 Å². The molecule has 1 aromatic carbocycles. The summed E-state index contributed by atoms with van der Waals surface area (Å²) in [5.41, 5.74) is 0.511. The van der Waals surface area contributed by atoms with Crippen LogP contribution < -0.4 is 5.32 Å². The van der Waals surface area contributed by atoms with E-state index in [1.807, 2.05) is 6.07 Å². The van der Waals surface area contributed by atoms with Crippen molar-refractivity contribution in [2.24, 2.45) is 4.99 Å². The van der Waals surface area contributed by atoms with Crippen molar-refractivity contribution < 1.29 is 23.4 Å². The second kappa shape index (κ2) is 18.6. The quantitative estimate of drug-likeness (QED) is 0.105. The zero-order chi connectivity index (χ0) is 27.6. The summed E-state index contributed by atoms with van der Waals surface area (Å²) in [5, 5.41) is 11.6. The Bertz CT molecular complexity index is 896. The molecule has 0 saturated heterocycles. The van der Waals surface area contributed by atoms with Gasteiger partial charge in [0.2, 0.25) is 6.41 Å². The van der Waals surface area contributed by atoms with E-state index in [1.165, 1.54) is 4.90 Å². The zero-order valence-electron chi connectivity index (χ0n) is 22.7. The van der Waals surface area contributed by atoms with Crippen molar-refractivity contribution in [2.45, 2.75) is 58.7 Å². The van der Waals surface area contributed by atoms with E-state index in [4.69, 9.17) is 19.0 Å². The topological polar surface area (TPSA) is 116 Å². The molecule has 2 amide bonds. The first-order valence-corrected chi connectivity index (χ1v) is 13.4. The van der Waals surface area contributed by atoms with Crippen LogP contribution in [0, 0.1) is 11.3 Å². The van der Waals surface area contributed by atoms with E-state index >= 15 is 0 Å². The molecule has 2 atom stereocenters. The molecule has 37 heavy (non-hydrogen) atoms. The molecule has 0 aliphatic rings. The van der Waals surface area contributed by atoms with Gasteiger partial charge in [-0.05, 0) is 52.3 Å². The molecule has 0 heterocycles. The van der Waals surface area contributed by atoms with Gasteiger partial charge < -0.3 is 24.0 Å². The number of ether oxygens (including phenoxy) is 1. The molecule has 0 fully saturated rings. The Hall–Kier alpha value is -2.67. The van der Waals surface area contributed by atoms with Crippen LogP contribution in [0.3, 0.4) is 0 Å². The summed E-state index contributed by atoms with van der Waals surface area (Å²) < 4.78 is 19.8. The molecule has 2 unspecified atom stereocenters. The summed E-state index contributed by atoms with van der Waals surface area (Å²) in [4.78, 5) is 29.5. The van der Waals surface area contributed by atoms with Gasteiger partial charge >= 0.3 is 0 Å².